The zero-order valence-electron chi connectivity index (χ0n) is 10.8. The first-order chi connectivity index (χ1) is 8.24. The Bertz CT molecular complexity index is 393. The Morgan fingerprint density at radius 3 is 2.44 bits per heavy atom. The smallest absolute Gasteiger partial charge is 0.139 e. The van der Waals surface area contributed by atoms with Gasteiger partial charge in [0.1, 0.15) is 17.3 Å². The van der Waals surface area contributed by atoms with Crippen molar-refractivity contribution in [1.82, 2.24) is 0 Å². The van der Waals surface area contributed by atoms with E-state index in [0.29, 0.717) is 0 Å². The van der Waals surface area contributed by atoms with Gasteiger partial charge in [-0.15, -0.1) is 0 Å². The number of carbonyl (C=O) groups excluding carboxylic acids is 1. The van der Waals surface area contributed by atoms with Crippen LogP contribution in [0.5, 0.6) is 0 Å². The van der Waals surface area contributed by atoms with Crippen molar-refractivity contribution in [2.75, 3.05) is 0 Å². The molecule has 0 saturated carbocycles. The summed E-state index contributed by atoms with van der Waals surface area (Å²) in [5.41, 5.74) is 27.7. The fourth-order valence-electron chi connectivity index (χ4n) is 2.05. The molecule has 0 fully saturated rings. The maximum Gasteiger partial charge on any atom is 0.139 e. The molecular formula is C12H23N5O. The third-order valence-corrected chi connectivity index (χ3v) is 3.37. The highest BCUT2D eigenvalue weighted by atomic mass is 16.1. The van der Waals surface area contributed by atoms with Crippen molar-refractivity contribution in [1.29, 1.82) is 0 Å². The lowest BCUT2D eigenvalue weighted by Crippen LogP contribution is -2.57. The summed E-state index contributed by atoms with van der Waals surface area (Å²) >= 11 is 0. The maximum atomic E-state index is 12.1. The molecule has 1 rings (SSSR count). The molecule has 0 saturated heterocycles. The lowest BCUT2D eigenvalue weighted by molar-refractivity contribution is -0.124. The Morgan fingerprint density at radius 2 is 2.00 bits per heavy atom. The summed E-state index contributed by atoms with van der Waals surface area (Å²) in [6, 6.07) is 0. The molecule has 1 unspecified atom stereocenters. The van der Waals surface area contributed by atoms with Crippen LogP contribution in [0.4, 0.5) is 0 Å². The molecule has 0 bridgehead atoms. The Labute approximate surface area is 107 Å². The van der Waals surface area contributed by atoms with Gasteiger partial charge in [-0.05, 0) is 26.2 Å². The molecular weight excluding hydrogens is 230 g/mol. The van der Waals surface area contributed by atoms with E-state index in [0.717, 1.165) is 19.3 Å². The van der Waals surface area contributed by atoms with Gasteiger partial charge in [0.25, 0.3) is 0 Å². The highest BCUT2D eigenvalue weighted by Crippen LogP contribution is 2.26. The number of rotatable bonds is 4. The maximum absolute atomic E-state index is 12.1. The molecule has 6 heteroatoms. The van der Waals surface area contributed by atoms with Gasteiger partial charge in [-0.3, -0.25) is 4.79 Å². The van der Waals surface area contributed by atoms with Crippen LogP contribution in [-0.2, 0) is 4.79 Å². The zero-order chi connectivity index (χ0) is 13.9. The number of nitrogens with two attached hydrogens (primary N) is 5. The number of hydrogen-bond donors (Lipinski definition) is 5. The third kappa shape index (κ3) is 3.48. The first-order valence-electron chi connectivity index (χ1n) is 6.01. The molecule has 0 aromatic carbocycles. The molecule has 0 aromatic heterocycles. The minimum absolute atomic E-state index is 0.00736. The molecule has 0 spiro atoms. The SMILES string of the molecule is CC1=CCC(C(=O)CC(N)(N)C(N)=C(N)N)CC1. The molecule has 1 aliphatic carbocycles. The Kier molecular flexibility index (Phi) is 4.37. The van der Waals surface area contributed by atoms with Crippen molar-refractivity contribution in [2.45, 2.75) is 38.3 Å². The van der Waals surface area contributed by atoms with E-state index in [1.165, 1.54) is 5.57 Å². The van der Waals surface area contributed by atoms with E-state index in [4.69, 9.17) is 28.7 Å². The molecule has 0 radical (unpaired) electrons. The number of allylic oxidation sites excluding steroid dienone is 2. The van der Waals surface area contributed by atoms with Crippen LogP contribution in [0.1, 0.15) is 32.6 Å². The van der Waals surface area contributed by atoms with Crippen LogP contribution in [-0.4, -0.2) is 11.4 Å². The van der Waals surface area contributed by atoms with Crippen molar-refractivity contribution in [3.8, 4) is 0 Å². The lowest BCUT2D eigenvalue weighted by Gasteiger charge is -2.28. The first-order valence-corrected chi connectivity index (χ1v) is 6.01. The van der Waals surface area contributed by atoms with E-state index in [1.807, 2.05) is 0 Å². The summed E-state index contributed by atoms with van der Waals surface area (Å²) in [6.07, 6.45) is 4.54. The van der Waals surface area contributed by atoms with E-state index in [1.54, 1.807) is 0 Å². The number of hydrogen-bond acceptors (Lipinski definition) is 6. The van der Waals surface area contributed by atoms with Gasteiger partial charge < -0.3 is 28.7 Å². The third-order valence-electron chi connectivity index (χ3n) is 3.37. The van der Waals surface area contributed by atoms with Crippen LogP contribution in [0.15, 0.2) is 23.2 Å². The van der Waals surface area contributed by atoms with Gasteiger partial charge >= 0.3 is 0 Å². The summed E-state index contributed by atoms with van der Waals surface area (Å²) in [4.78, 5) is 12.1. The molecule has 6 nitrogen and oxygen atoms in total. The van der Waals surface area contributed by atoms with Crippen LogP contribution < -0.4 is 28.7 Å². The molecule has 10 N–H and O–H groups in total. The quantitative estimate of drug-likeness (QED) is 0.332. The van der Waals surface area contributed by atoms with Crippen molar-refractivity contribution >= 4 is 5.78 Å². The number of ketones is 1. The minimum Gasteiger partial charge on any atom is -0.397 e. The highest BCUT2D eigenvalue weighted by molar-refractivity contribution is 5.83. The fraction of sp³-hybridized carbons (Fsp3) is 0.583. The number of carbonyl (C=O) groups is 1. The highest BCUT2D eigenvalue weighted by Gasteiger charge is 2.31. The van der Waals surface area contributed by atoms with Gasteiger partial charge in [0.2, 0.25) is 0 Å². The summed E-state index contributed by atoms with van der Waals surface area (Å²) in [7, 11) is 0. The summed E-state index contributed by atoms with van der Waals surface area (Å²) < 4.78 is 0. The van der Waals surface area contributed by atoms with E-state index < -0.39 is 5.66 Å². The zero-order valence-corrected chi connectivity index (χ0v) is 10.8. The number of Topliss-reactive ketones (excluding diaryl/α,β-unsaturated/α-hetero) is 1. The van der Waals surface area contributed by atoms with Crippen molar-refractivity contribution in [3.63, 3.8) is 0 Å². The summed E-state index contributed by atoms with van der Waals surface area (Å²) in [5.74, 6) is -0.160. The topological polar surface area (TPSA) is 147 Å². The second-order valence-corrected chi connectivity index (χ2v) is 5.07. The predicted molar refractivity (Wildman–Crippen MR) is 71.4 cm³/mol. The Hall–Kier alpha value is -1.53. The standard InChI is InChI=1S/C12H23N5O/c1-7-2-4-8(5-3-7)9(18)6-12(16,17)10(13)11(14)15/h2,8H,3-6,13-17H2,1H3. The minimum atomic E-state index is -1.47. The molecule has 1 atom stereocenters. The van der Waals surface area contributed by atoms with E-state index in [9.17, 15) is 4.79 Å². The van der Waals surface area contributed by atoms with Crippen LogP contribution in [0.25, 0.3) is 0 Å². The van der Waals surface area contributed by atoms with Crippen LogP contribution in [0.3, 0.4) is 0 Å². The monoisotopic (exact) mass is 253 g/mol. The lowest BCUT2D eigenvalue weighted by atomic mass is 9.83. The van der Waals surface area contributed by atoms with Crippen LogP contribution in [0.2, 0.25) is 0 Å². The van der Waals surface area contributed by atoms with E-state index >= 15 is 0 Å². The Morgan fingerprint density at radius 1 is 1.39 bits per heavy atom. The normalized spacial score (nSPS) is 20.2. The average molecular weight is 253 g/mol. The van der Waals surface area contributed by atoms with Crippen LogP contribution >= 0.6 is 0 Å². The molecule has 0 aliphatic heterocycles. The molecule has 102 valence electrons. The molecule has 18 heavy (non-hydrogen) atoms. The van der Waals surface area contributed by atoms with Gasteiger partial charge in [-0.25, -0.2) is 0 Å². The predicted octanol–water partition coefficient (Wildman–Crippen LogP) is -0.649. The fourth-order valence-corrected chi connectivity index (χ4v) is 2.05. The molecule has 0 amide bonds. The van der Waals surface area contributed by atoms with Gasteiger partial charge in [0.15, 0.2) is 0 Å². The molecule has 0 heterocycles. The second-order valence-electron chi connectivity index (χ2n) is 5.07. The van der Waals surface area contributed by atoms with Crippen molar-refractivity contribution < 1.29 is 4.79 Å². The average Bonchev–Trinajstić information content (AvgIpc) is 2.28. The summed E-state index contributed by atoms with van der Waals surface area (Å²) in [5, 5.41) is 0. The molecule has 1 aliphatic rings. The van der Waals surface area contributed by atoms with Gasteiger partial charge in [0.05, 0.1) is 5.70 Å². The van der Waals surface area contributed by atoms with E-state index in [-0.39, 0.29) is 29.6 Å². The van der Waals surface area contributed by atoms with Crippen molar-refractivity contribution in [2.24, 2.45) is 34.6 Å². The van der Waals surface area contributed by atoms with Crippen molar-refractivity contribution in [3.05, 3.63) is 23.2 Å². The largest absolute Gasteiger partial charge is 0.397 e. The Balaban J connectivity index is 2.68. The first kappa shape index (κ1) is 14.5. The van der Waals surface area contributed by atoms with Gasteiger partial charge in [-0.2, -0.15) is 0 Å². The second kappa shape index (κ2) is 5.41. The summed E-state index contributed by atoms with van der Waals surface area (Å²) in [6.45, 7) is 2.06. The van der Waals surface area contributed by atoms with Gasteiger partial charge in [0, 0.05) is 12.3 Å². The van der Waals surface area contributed by atoms with Gasteiger partial charge in [-0.1, -0.05) is 11.6 Å². The van der Waals surface area contributed by atoms with Crippen LogP contribution in [0, 0.1) is 5.92 Å². The van der Waals surface area contributed by atoms with E-state index in [2.05, 4.69) is 13.0 Å². The molecule has 0 aromatic rings.